The second kappa shape index (κ2) is 6.47. The maximum Gasteiger partial charge on any atom is 0.307 e. The zero-order valence-corrected chi connectivity index (χ0v) is 16.8. The van der Waals surface area contributed by atoms with Crippen LogP contribution in [0.2, 0.25) is 0 Å². The maximum absolute atomic E-state index is 11.9. The molecule has 0 spiro atoms. The smallest absolute Gasteiger partial charge is 0.307 e. The summed E-state index contributed by atoms with van der Waals surface area (Å²) in [5.41, 5.74) is -0.0595. The van der Waals surface area contributed by atoms with Gasteiger partial charge in [-0.3, -0.25) is 9.59 Å². The van der Waals surface area contributed by atoms with Crippen LogP contribution in [-0.2, 0) is 14.3 Å². The lowest BCUT2D eigenvalue weighted by atomic mass is 9.44. The number of ether oxygens (including phenoxy) is 1. The molecule has 0 aliphatic heterocycles. The Kier molecular flexibility index (Phi) is 4.60. The molecule has 0 radical (unpaired) electrons. The average Bonchev–Trinajstić information content (AvgIpc) is 2.93. The zero-order valence-electron chi connectivity index (χ0n) is 16.8. The number of hydrogen-bond acceptors (Lipinski definition) is 4. The van der Waals surface area contributed by atoms with Crippen LogP contribution >= 0.6 is 0 Å². The number of carboxylic acid groups (broad SMARTS) is 1. The van der Waals surface area contributed by atoms with Gasteiger partial charge in [0.05, 0.1) is 12.0 Å². The normalized spacial score (nSPS) is 51.6. The van der Waals surface area contributed by atoms with Gasteiger partial charge >= 0.3 is 11.9 Å². The summed E-state index contributed by atoms with van der Waals surface area (Å²) >= 11 is 0. The van der Waals surface area contributed by atoms with E-state index in [0.717, 1.165) is 51.4 Å². The van der Waals surface area contributed by atoms with E-state index >= 15 is 0 Å². The monoisotopic (exact) mass is 378 g/mol. The second-order valence-electron chi connectivity index (χ2n) is 10.3. The number of carboxylic acids is 1. The Morgan fingerprint density at radius 3 is 2.26 bits per heavy atom. The SMILES string of the molecule is CC(=O)O[C@@H]1C[C@@H]2[C@H](CC[C@]3(C)[C@@H](C(=O)O)CC[C@@H]23)[C@@]2(C)CC[C@H](O)C[C@H]12. The molecule has 0 aromatic rings. The number of carbonyl (C=O) groups excluding carboxylic acids is 1. The molecule has 0 aromatic heterocycles. The van der Waals surface area contributed by atoms with Crippen LogP contribution in [0.4, 0.5) is 0 Å². The lowest BCUT2D eigenvalue weighted by Crippen LogP contribution is -2.59. The predicted molar refractivity (Wildman–Crippen MR) is 99.8 cm³/mol. The van der Waals surface area contributed by atoms with E-state index < -0.39 is 5.97 Å². The van der Waals surface area contributed by atoms with Crippen LogP contribution in [0.15, 0.2) is 0 Å². The van der Waals surface area contributed by atoms with Crippen LogP contribution in [0, 0.1) is 40.4 Å². The van der Waals surface area contributed by atoms with Crippen molar-refractivity contribution in [3.8, 4) is 0 Å². The standard InChI is InChI=1S/C22H34O5/c1-12(23)27-19-11-14-15-4-5-17(20(25)26)21(15,2)9-7-16(14)22(3)8-6-13(24)10-18(19)22/h13-19,24H,4-11H2,1-3H3,(H,25,26)/t13-,14-,15-,16-,17+,18+,19+,21-,22+/m0/s1. The van der Waals surface area contributed by atoms with Gasteiger partial charge < -0.3 is 14.9 Å². The van der Waals surface area contributed by atoms with E-state index in [1.165, 1.54) is 6.92 Å². The van der Waals surface area contributed by atoms with Crippen molar-refractivity contribution in [2.45, 2.75) is 84.3 Å². The number of fused-ring (bicyclic) bond motifs is 5. The highest BCUT2D eigenvalue weighted by molar-refractivity contribution is 5.71. The molecule has 0 heterocycles. The lowest BCUT2D eigenvalue weighted by Gasteiger charge is -2.62. The summed E-state index contributed by atoms with van der Waals surface area (Å²) in [4.78, 5) is 23.7. The van der Waals surface area contributed by atoms with E-state index in [2.05, 4.69) is 13.8 Å². The van der Waals surface area contributed by atoms with Crippen molar-refractivity contribution in [1.29, 1.82) is 0 Å². The summed E-state index contributed by atoms with van der Waals surface area (Å²) in [5, 5.41) is 20.0. The minimum Gasteiger partial charge on any atom is -0.481 e. The van der Waals surface area contributed by atoms with Gasteiger partial charge in [0.15, 0.2) is 0 Å². The molecule has 0 amide bonds. The van der Waals surface area contributed by atoms with E-state index in [9.17, 15) is 19.8 Å². The van der Waals surface area contributed by atoms with Gasteiger partial charge in [0, 0.05) is 12.8 Å². The third kappa shape index (κ3) is 2.83. The molecule has 5 nitrogen and oxygen atoms in total. The van der Waals surface area contributed by atoms with Crippen LogP contribution in [-0.4, -0.2) is 34.4 Å². The minimum absolute atomic E-state index is 0.0743. The van der Waals surface area contributed by atoms with Gasteiger partial charge in [0.2, 0.25) is 0 Å². The van der Waals surface area contributed by atoms with Crippen molar-refractivity contribution in [2.75, 3.05) is 0 Å². The molecule has 9 atom stereocenters. The fourth-order valence-corrected chi connectivity index (χ4v) is 8.00. The number of aliphatic carboxylic acids is 1. The van der Waals surface area contributed by atoms with Crippen LogP contribution in [0.5, 0.6) is 0 Å². The molecule has 2 N–H and O–H groups in total. The third-order valence-electron chi connectivity index (χ3n) is 9.24. The Labute approximate surface area is 161 Å². The summed E-state index contributed by atoms with van der Waals surface area (Å²) in [7, 11) is 0. The summed E-state index contributed by atoms with van der Waals surface area (Å²) < 4.78 is 5.81. The van der Waals surface area contributed by atoms with Crippen LogP contribution in [0.3, 0.4) is 0 Å². The molecular formula is C22H34O5. The molecule has 4 rings (SSSR count). The fourth-order valence-electron chi connectivity index (χ4n) is 8.00. The third-order valence-corrected chi connectivity index (χ3v) is 9.24. The van der Waals surface area contributed by atoms with Gasteiger partial charge in [-0.1, -0.05) is 13.8 Å². The molecule has 5 heteroatoms. The van der Waals surface area contributed by atoms with Crippen LogP contribution < -0.4 is 0 Å². The Morgan fingerprint density at radius 2 is 1.59 bits per heavy atom. The number of rotatable bonds is 2. The van der Waals surface area contributed by atoms with Gasteiger partial charge in [0.1, 0.15) is 6.10 Å². The quantitative estimate of drug-likeness (QED) is 0.717. The summed E-state index contributed by atoms with van der Waals surface area (Å²) in [6.45, 7) is 6.02. The lowest BCUT2D eigenvalue weighted by molar-refractivity contribution is -0.192. The maximum atomic E-state index is 11.9. The Morgan fingerprint density at radius 1 is 0.926 bits per heavy atom. The average molecular weight is 379 g/mol. The molecule has 4 aliphatic rings. The molecule has 0 saturated heterocycles. The predicted octanol–water partition coefficient (Wildman–Crippen LogP) is 3.63. The summed E-state index contributed by atoms with van der Waals surface area (Å²) in [6.07, 6.45) is 6.72. The molecule has 152 valence electrons. The first kappa shape index (κ1) is 19.2. The van der Waals surface area contributed by atoms with Gasteiger partial charge in [-0.25, -0.2) is 0 Å². The number of esters is 1. The molecule has 4 fully saturated rings. The molecule has 4 aliphatic carbocycles. The number of carbonyl (C=O) groups is 2. The van der Waals surface area contributed by atoms with Crippen molar-refractivity contribution in [3.63, 3.8) is 0 Å². The second-order valence-corrected chi connectivity index (χ2v) is 10.3. The Balaban J connectivity index is 1.68. The first-order valence-electron chi connectivity index (χ1n) is 10.7. The minimum atomic E-state index is -0.643. The zero-order chi connectivity index (χ0) is 19.6. The number of hydrogen-bond donors (Lipinski definition) is 2. The van der Waals surface area contributed by atoms with Crippen molar-refractivity contribution in [1.82, 2.24) is 0 Å². The van der Waals surface area contributed by atoms with Crippen molar-refractivity contribution >= 4 is 11.9 Å². The number of aliphatic hydroxyl groups excluding tert-OH is 1. The fraction of sp³-hybridized carbons (Fsp3) is 0.909. The summed E-state index contributed by atoms with van der Waals surface area (Å²) in [6, 6.07) is 0. The van der Waals surface area contributed by atoms with E-state index in [1.807, 2.05) is 0 Å². The van der Waals surface area contributed by atoms with Crippen molar-refractivity contribution < 1.29 is 24.5 Å². The van der Waals surface area contributed by atoms with Gasteiger partial charge in [-0.15, -0.1) is 0 Å². The molecule has 0 aromatic carbocycles. The molecular weight excluding hydrogens is 344 g/mol. The van der Waals surface area contributed by atoms with Gasteiger partial charge in [0.25, 0.3) is 0 Å². The summed E-state index contributed by atoms with van der Waals surface area (Å²) in [5.74, 6) is 0.466. The van der Waals surface area contributed by atoms with Gasteiger partial charge in [-0.2, -0.15) is 0 Å². The highest BCUT2D eigenvalue weighted by atomic mass is 16.5. The number of aliphatic hydroxyl groups is 1. The molecule has 0 bridgehead atoms. The molecule has 4 saturated carbocycles. The van der Waals surface area contributed by atoms with E-state index in [4.69, 9.17) is 4.74 Å². The van der Waals surface area contributed by atoms with E-state index in [0.29, 0.717) is 17.8 Å². The Bertz CT molecular complexity index is 632. The largest absolute Gasteiger partial charge is 0.481 e. The Hall–Kier alpha value is -1.10. The van der Waals surface area contributed by atoms with Crippen molar-refractivity contribution in [3.05, 3.63) is 0 Å². The van der Waals surface area contributed by atoms with Gasteiger partial charge in [-0.05, 0) is 80.0 Å². The van der Waals surface area contributed by atoms with Crippen LogP contribution in [0.1, 0.15) is 72.1 Å². The molecule has 0 unspecified atom stereocenters. The first-order chi connectivity index (χ1) is 12.7. The highest BCUT2D eigenvalue weighted by Gasteiger charge is 2.63. The first-order valence-corrected chi connectivity index (χ1v) is 10.7. The highest BCUT2D eigenvalue weighted by Crippen LogP contribution is 2.67. The van der Waals surface area contributed by atoms with E-state index in [1.54, 1.807) is 0 Å². The van der Waals surface area contributed by atoms with Crippen LogP contribution in [0.25, 0.3) is 0 Å². The van der Waals surface area contributed by atoms with E-state index in [-0.39, 0.29) is 40.8 Å². The van der Waals surface area contributed by atoms with Crippen molar-refractivity contribution in [2.24, 2.45) is 40.4 Å². The topological polar surface area (TPSA) is 83.8 Å². The molecule has 27 heavy (non-hydrogen) atoms.